The van der Waals surface area contributed by atoms with E-state index < -0.39 is 35.2 Å². The number of anilines is 1. The lowest BCUT2D eigenvalue weighted by molar-refractivity contribution is -0.140. The van der Waals surface area contributed by atoms with Gasteiger partial charge in [-0.2, -0.15) is 23.3 Å². The fourth-order valence-electron chi connectivity index (χ4n) is 4.74. The van der Waals surface area contributed by atoms with Gasteiger partial charge in [0.2, 0.25) is 0 Å². The molecule has 0 aliphatic carbocycles. The Morgan fingerprint density at radius 1 is 0.977 bits per heavy atom. The number of nitrogens with zero attached hydrogens (tertiary/aromatic N) is 3. The molecule has 2 amide bonds. The van der Waals surface area contributed by atoms with Crippen LogP contribution in [0.1, 0.15) is 33.5 Å². The number of rotatable bonds is 8. The molecule has 2 aliphatic rings. The van der Waals surface area contributed by atoms with Crippen molar-refractivity contribution in [1.82, 2.24) is 10.2 Å². The predicted molar refractivity (Wildman–Crippen MR) is 147 cm³/mol. The third-order valence-electron chi connectivity index (χ3n) is 7.00. The molecular formula is C30H25F5N4O4. The van der Waals surface area contributed by atoms with Crippen LogP contribution < -0.4 is 19.8 Å². The maximum absolute atomic E-state index is 14.4. The van der Waals surface area contributed by atoms with Crippen molar-refractivity contribution in [2.45, 2.75) is 25.7 Å². The van der Waals surface area contributed by atoms with Crippen molar-refractivity contribution in [3.63, 3.8) is 0 Å². The molecule has 1 N–H and O–H groups in total. The molecule has 224 valence electrons. The summed E-state index contributed by atoms with van der Waals surface area (Å²) in [6.07, 6.45) is -2.95. The van der Waals surface area contributed by atoms with Crippen LogP contribution in [0.4, 0.5) is 27.6 Å². The van der Waals surface area contributed by atoms with Crippen LogP contribution in [-0.2, 0) is 24.1 Å². The third kappa shape index (κ3) is 6.15. The maximum atomic E-state index is 14.4. The first kappa shape index (κ1) is 29.5. The Morgan fingerprint density at radius 3 is 2.35 bits per heavy atom. The van der Waals surface area contributed by atoms with Gasteiger partial charge in [-0.25, -0.2) is 8.78 Å². The molecule has 2 aliphatic heterocycles. The summed E-state index contributed by atoms with van der Waals surface area (Å²) in [7, 11) is 2.82. The van der Waals surface area contributed by atoms with Crippen molar-refractivity contribution in [1.29, 1.82) is 0 Å². The fraction of sp³-hybridized carbons (Fsp3) is 0.233. The highest BCUT2D eigenvalue weighted by Crippen LogP contribution is 2.36. The molecule has 0 unspecified atom stereocenters. The predicted octanol–water partition coefficient (Wildman–Crippen LogP) is 5.42. The Morgan fingerprint density at radius 2 is 1.67 bits per heavy atom. The van der Waals surface area contributed by atoms with E-state index in [1.807, 2.05) is 4.90 Å². The first-order chi connectivity index (χ1) is 20.5. The second kappa shape index (κ2) is 11.7. The molecule has 3 aromatic rings. The largest absolute Gasteiger partial charge is 0.493 e. The molecule has 8 nitrogen and oxygen atoms in total. The van der Waals surface area contributed by atoms with Crippen LogP contribution in [-0.4, -0.2) is 43.2 Å². The van der Waals surface area contributed by atoms with Crippen molar-refractivity contribution in [2.75, 3.05) is 25.8 Å². The number of benzene rings is 3. The number of ether oxygens (including phenoxy) is 2. The molecule has 5 rings (SSSR count). The third-order valence-corrected chi connectivity index (χ3v) is 7.00. The van der Waals surface area contributed by atoms with Gasteiger partial charge in [-0.05, 0) is 42.0 Å². The molecule has 0 spiro atoms. The average Bonchev–Trinajstić information content (AvgIpc) is 3.31. The number of alkyl halides is 3. The van der Waals surface area contributed by atoms with Crippen LogP contribution in [0, 0.1) is 11.6 Å². The van der Waals surface area contributed by atoms with E-state index in [-0.39, 0.29) is 29.1 Å². The standard InChI is InChI=1S/C30H25F5N4O4/c1-42-26-11-19(24(32)13-27(26)43-2)14-36-28(40)18-5-3-17(4-6-18)15-38-10-9-25-21(16-38)29(41)39(37-25)20-7-8-23(31)22(12-20)30(33,34)35/h3-8,11-13,16H,9-10,14-15H2,1-2H3,(H,36,40). The summed E-state index contributed by atoms with van der Waals surface area (Å²) in [6.45, 7) is 0.801. The SMILES string of the molecule is COc1cc(F)c(CNC(=O)c2ccc(CN3C=C4C(=O)N(c5ccc(F)c(C(F)(F)F)c5)N=C4CC3)cc2)cc1OC. The summed E-state index contributed by atoms with van der Waals surface area (Å²) in [5.74, 6) is -2.44. The molecule has 0 bridgehead atoms. The average molecular weight is 601 g/mol. The summed E-state index contributed by atoms with van der Waals surface area (Å²) in [6, 6.07) is 11.7. The molecule has 43 heavy (non-hydrogen) atoms. The highest BCUT2D eigenvalue weighted by atomic mass is 19.4. The molecule has 0 aromatic heterocycles. The number of hydrazone groups is 1. The van der Waals surface area contributed by atoms with Crippen LogP contribution in [0.2, 0.25) is 0 Å². The van der Waals surface area contributed by atoms with Gasteiger partial charge in [0.25, 0.3) is 11.8 Å². The Balaban J connectivity index is 1.22. The van der Waals surface area contributed by atoms with E-state index in [9.17, 15) is 31.5 Å². The zero-order valence-corrected chi connectivity index (χ0v) is 23.0. The molecule has 2 heterocycles. The van der Waals surface area contributed by atoms with Gasteiger partial charge in [0.1, 0.15) is 11.6 Å². The van der Waals surface area contributed by atoms with Gasteiger partial charge in [0, 0.05) is 49.4 Å². The Bertz CT molecular complexity index is 1640. The Hall–Kier alpha value is -4.94. The number of carbonyl (C=O) groups excluding carboxylic acids is 2. The summed E-state index contributed by atoms with van der Waals surface area (Å²) >= 11 is 0. The van der Waals surface area contributed by atoms with E-state index in [2.05, 4.69) is 10.4 Å². The van der Waals surface area contributed by atoms with Crippen LogP contribution in [0.3, 0.4) is 0 Å². The number of carbonyl (C=O) groups is 2. The van der Waals surface area contributed by atoms with Gasteiger partial charge in [-0.1, -0.05) is 12.1 Å². The number of halogens is 5. The number of fused-ring (bicyclic) bond motifs is 1. The number of hydrogen-bond donors (Lipinski definition) is 1. The van der Waals surface area contributed by atoms with Gasteiger partial charge in [-0.3, -0.25) is 9.59 Å². The summed E-state index contributed by atoms with van der Waals surface area (Å²) in [4.78, 5) is 27.5. The highest BCUT2D eigenvalue weighted by Gasteiger charge is 2.38. The second-order valence-corrected chi connectivity index (χ2v) is 9.77. The van der Waals surface area contributed by atoms with E-state index in [1.165, 1.54) is 26.4 Å². The number of methoxy groups -OCH3 is 2. The zero-order chi connectivity index (χ0) is 30.9. The molecule has 0 fully saturated rings. The van der Waals surface area contributed by atoms with E-state index in [1.54, 1.807) is 30.5 Å². The smallest absolute Gasteiger partial charge is 0.419 e. The van der Waals surface area contributed by atoms with Gasteiger partial charge >= 0.3 is 6.18 Å². The van der Waals surface area contributed by atoms with Crippen LogP contribution >= 0.6 is 0 Å². The first-order valence-electron chi connectivity index (χ1n) is 13.0. The van der Waals surface area contributed by atoms with E-state index in [4.69, 9.17) is 9.47 Å². The molecule has 3 aromatic carbocycles. The summed E-state index contributed by atoms with van der Waals surface area (Å²) in [5, 5.41) is 7.71. The maximum Gasteiger partial charge on any atom is 0.419 e. The van der Waals surface area contributed by atoms with Crippen molar-refractivity contribution in [3.05, 3.63) is 100 Å². The Kier molecular flexibility index (Phi) is 8.07. The molecule has 0 saturated carbocycles. The summed E-state index contributed by atoms with van der Waals surface area (Å²) < 4.78 is 77.9. The molecule has 13 heteroatoms. The number of nitrogens with one attached hydrogen (secondary N) is 1. The van der Waals surface area contributed by atoms with Gasteiger partial charge in [0.15, 0.2) is 11.5 Å². The normalized spacial score (nSPS) is 14.7. The second-order valence-electron chi connectivity index (χ2n) is 9.77. The zero-order valence-electron chi connectivity index (χ0n) is 23.0. The van der Waals surface area contributed by atoms with E-state index >= 15 is 0 Å². The monoisotopic (exact) mass is 600 g/mol. The number of hydrogen-bond acceptors (Lipinski definition) is 6. The topological polar surface area (TPSA) is 83.5 Å². The minimum Gasteiger partial charge on any atom is -0.493 e. The van der Waals surface area contributed by atoms with Crippen molar-refractivity contribution < 1.29 is 41.0 Å². The summed E-state index contributed by atoms with van der Waals surface area (Å²) in [5.41, 5.74) is 0.415. The van der Waals surface area contributed by atoms with Gasteiger partial charge in [-0.15, -0.1) is 0 Å². The minimum absolute atomic E-state index is 0.0709. The molecule has 0 radical (unpaired) electrons. The van der Waals surface area contributed by atoms with Crippen LogP contribution in [0.25, 0.3) is 0 Å². The van der Waals surface area contributed by atoms with Crippen molar-refractivity contribution in [2.24, 2.45) is 5.10 Å². The van der Waals surface area contributed by atoms with Crippen LogP contribution in [0.15, 0.2) is 71.5 Å². The minimum atomic E-state index is -4.92. The highest BCUT2D eigenvalue weighted by molar-refractivity contribution is 6.30. The molecular weight excluding hydrogens is 575 g/mol. The number of amides is 2. The Labute approximate surface area is 243 Å². The molecule has 0 atom stereocenters. The van der Waals surface area contributed by atoms with Gasteiger partial charge in [0.05, 0.1) is 36.8 Å². The fourth-order valence-corrected chi connectivity index (χ4v) is 4.74. The van der Waals surface area contributed by atoms with E-state index in [0.29, 0.717) is 48.7 Å². The lowest BCUT2D eigenvalue weighted by Crippen LogP contribution is -2.29. The van der Waals surface area contributed by atoms with Crippen molar-refractivity contribution in [3.8, 4) is 11.5 Å². The lowest BCUT2D eigenvalue weighted by atomic mass is 10.0. The van der Waals surface area contributed by atoms with Crippen LogP contribution in [0.5, 0.6) is 11.5 Å². The van der Waals surface area contributed by atoms with Crippen molar-refractivity contribution >= 4 is 23.2 Å². The quantitative estimate of drug-likeness (QED) is 0.349. The lowest BCUT2D eigenvalue weighted by Gasteiger charge is -2.25. The van der Waals surface area contributed by atoms with Gasteiger partial charge < -0.3 is 19.7 Å². The first-order valence-corrected chi connectivity index (χ1v) is 13.0. The molecule has 0 saturated heterocycles. The van der Waals surface area contributed by atoms with E-state index in [0.717, 1.165) is 16.6 Å².